The predicted octanol–water partition coefficient (Wildman–Crippen LogP) is 5.65. The number of carbonyl (C=O) groups is 2. The first kappa shape index (κ1) is 19.1. The summed E-state index contributed by atoms with van der Waals surface area (Å²) >= 11 is 2.94. The van der Waals surface area contributed by atoms with Crippen LogP contribution in [-0.2, 0) is 4.74 Å². The number of rotatable bonds is 4. The second kappa shape index (κ2) is 7.67. The number of fused-ring (bicyclic) bond motifs is 3. The molecule has 0 aliphatic heterocycles. The fourth-order valence-corrected chi connectivity index (χ4v) is 3.94. The van der Waals surface area contributed by atoms with Gasteiger partial charge < -0.3 is 9.84 Å². The number of amides is 1. The van der Waals surface area contributed by atoms with Gasteiger partial charge in [0, 0.05) is 5.92 Å². The zero-order chi connectivity index (χ0) is 20.5. The van der Waals surface area contributed by atoms with Gasteiger partial charge >= 0.3 is 12.1 Å². The summed E-state index contributed by atoms with van der Waals surface area (Å²) in [5.41, 5.74) is 3.51. The molecule has 0 saturated heterocycles. The number of carbonyl (C=O) groups excluding carboxylic acids is 1. The Labute approximate surface area is 174 Å². The van der Waals surface area contributed by atoms with Crippen LogP contribution in [0.2, 0.25) is 0 Å². The lowest BCUT2D eigenvalue weighted by Gasteiger charge is -2.15. The topological polar surface area (TPSA) is 75.6 Å². The van der Waals surface area contributed by atoms with Gasteiger partial charge in [0.1, 0.15) is 12.2 Å². The van der Waals surface area contributed by atoms with E-state index in [2.05, 4.69) is 21.2 Å². The first-order chi connectivity index (χ1) is 14.0. The van der Waals surface area contributed by atoms with E-state index in [0.29, 0.717) is 0 Å². The highest BCUT2D eigenvalue weighted by atomic mass is 79.9. The molecule has 146 valence electrons. The van der Waals surface area contributed by atoms with Gasteiger partial charge in [-0.1, -0.05) is 48.5 Å². The van der Waals surface area contributed by atoms with Gasteiger partial charge in [-0.15, -0.1) is 0 Å². The third kappa shape index (κ3) is 3.49. The van der Waals surface area contributed by atoms with Gasteiger partial charge in [-0.25, -0.2) is 14.0 Å². The van der Waals surface area contributed by atoms with Crippen molar-refractivity contribution >= 4 is 33.7 Å². The number of ether oxygens (including phenoxy) is 1. The number of carboxylic acid groups (broad SMARTS) is 1. The molecule has 29 heavy (non-hydrogen) atoms. The van der Waals surface area contributed by atoms with E-state index in [4.69, 9.17) is 4.74 Å². The molecule has 4 rings (SSSR count). The first-order valence-corrected chi connectivity index (χ1v) is 9.60. The molecular formula is C22H15BrFNO4. The summed E-state index contributed by atoms with van der Waals surface area (Å²) in [6.07, 6.45) is -0.851. The largest absolute Gasteiger partial charge is 0.478 e. The lowest BCUT2D eigenvalue weighted by molar-refractivity contribution is 0.0693. The van der Waals surface area contributed by atoms with Crippen molar-refractivity contribution in [2.75, 3.05) is 11.9 Å². The van der Waals surface area contributed by atoms with Crippen molar-refractivity contribution in [3.8, 4) is 11.1 Å². The van der Waals surface area contributed by atoms with E-state index in [1.54, 1.807) is 0 Å². The molecule has 0 aromatic heterocycles. The van der Waals surface area contributed by atoms with Gasteiger partial charge in [-0.3, -0.25) is 5.32 Å². The fraction of sp³-hybridized carbons (Fsp3) is 0.0909. The highest BCUT2D eigenvalue weighted by Gasteiger charge is 2.29. The molecule has 2 N–H and O–H groups in total. The molecule has 5 nitrogen and oxygen atoms in total. The van der Waals surface area contributed by atoms with Gasteiger partial charge in [-0.05, 0) is 50.3 Å². The molecule has 0 atom stereocenters. The summed E-state index contributed by atoms with van der Waals surface area (Å²) < 4.78 is 19.5. The van der Waals surface area contributed by atoms with Crippen molar-refractivity contribution < 1.29 is 23.8 Å². The van der Waals surface area contributed by atoms with Gasteiger partial charge in [0.05, 0.1) is 10.2 Å². The van der Waals surface area contributed by atoms with Crippen LogP contribution in [0.3, 0.4) is 0 Å². The first-order valence-electron chi connectivity index (χ1n) is 8.80. The molecule has 0 unspecified atom stereocenters. The summed E-state index contributed by atoms with van der Waals surface area (Å²) in [5, 5.41) is 11.6. The van der Waals surface area contributed by atoms with Crippen molar-refractivity contribution in [1.29, 1.82) is 0 Å². The Morgan fingerprint density at radius 1 is 1.00 bits per heavy atom. The Balaban J connectivity index is 1.53. The van der Waals surface area contributed by atoms with E-state index in [-0.39, 0.29) is 22.7 Å². The molecule has 3 aromatic rings. The molecule has 0 bridgehead atoms. The number of benzene rings is 3. The second-order valence-corrected chi connectivity index (χ2v) is 7.39. The summed E-state index contributed by atoms with van der Waals surface area (Å²) in [5.74, 6) is -2.58. The normalized spacial score (nSPS) is 12.2. The highest BCUT2D eigenvalue weighted by Crippen LogP contribution is 2.44. The number of aromatic carboxylic acids is 1. The smallest absolute Gasteiger partial charge is 0.411 e. The Morgan fingerprint density at radius 3 is 2.17 bits per heavy atom. The molecule has 7 heteroatoms. The van der Waals surface area contributed by atoms with Crippen LogP contribution in [0.1, 0.15) is 27.4 Å². The highest BCUT2D eigenvalue weighted by molar-refractivity contribution is 9.10. The molecule has 0 fully saturated rings. The number of hydrogen-bond donors (Lipinski definition) is 2. The molecular weight excluding hydrogens is 441 g/mol. The van der Waals surface area contributed by atoms with Crippen LogP contribution in [-0.4, -0.2) is 23.8 Å². The average molecular weight is 456 g/mol. The van der Waals surface area contributed by atoms with Crippen LogP contribution in [0.4, 0.5) is 14.9 Å². The number of halogens is 2. The Morgan fingerprint density at radius 2 is 1.59 bits per heavy atom. The maximum absolute atomic E-state index is 14.1. The minimum atomic E-state index is -1.49. The SMILES string of the molecule is O=C(Nc1ccc(Br)c(F)c1C(=O)O)OCC1c2ccccc2-c2ccccc21. The molecule has 3 aromatic carbocycles. The predicted molar refractivity (Wildman–Crippen MR) is 110 cm³/mol. The minimum Gasteiger partial charge on any atom is -0.478 e. The van der Waals surface area contributed by atoms with Crippen molar-refractivity contribution in [2.24, 2.45) is 0 Å². The van der Waals surface area contributed by atoms with Crippen molar-refractivity contribution in [3.05, 3.63) is 87.6 Å². The van der Waals surface area contributed by atoms with Crippen LogP contribution in [0, 0.1) is 5.82 Å². The fourth-order valence-electron chi connectivity index (χ4n) is 3.61. The van der Waals surface area contributed by atoms with E-state index < -0.39 is 23.4 Å². The van der Waals surface area contributed by atoms with Crippen molar-refractivity contribution in [1.82, 2.24) is 0 Å². The van der Waals surface area contributed by atoms with Crippen LogP contribution < -0.4 is 5.32 Å². The maximum Gasteiger partial charge on any atom is 0.411 e. The van der Waals surface area contributed by atoms with E-state index in [1.165, 1.54) is 12.1 Å². The number of nitrogens with one attached hydrogen (secondary N) is 1. The minimum absolute atomic E-state index is 0.00649. The lowest BCUT2D eigenvalue weighted by Crippen LogP contribution is -2.20. The van der Waals surface area contributed by atoms with Crippen LogP contribution in [0.25, 0.3) is 11.1 Å². The number of hydrogen-bond acceptors (Lipinski definition) is 3. The lowest BCUT2D eigenvalue weighted by atomic mass is 9.98. The van der Waals surface area contributed by atoms with Crippen molar-refractivity contribution in [3.63, 3.8) is 0 Å². The van der Waals surface area contributed by atoms with E-state index in [9.17, 15) is 19.1 Å². The molecule has 1 aliphatic rings. The van der Waals surface area contributed by atoms with Crippen LogP contribution >= 0.6 is 15.9 Å². The molecule has 1 amide bonds. The van der Waals surface area contributed by atoms with E-state index in [0.717, 1.165) is 22.3 Å². The average Bonchev–Trinajstić information content (AvgIpc) is 3.03. The zero-order valence-corrected chi connectivity index (χ0v) is 16.6. The Kier molecular flexibility index (Phi) is 5.07. The standard InChI is InChI=1S/C22H15BrFNO4/c23-17-9-10-18(19(20(17)24)21(26)27)25-22(28)29-11-16-14-7-3-1-5-12(14)13-6-2-4-8-15(13)16/h1-10,16H,11H2,(H,25,28)(H,26,27). The van der Waals surface area contributed by atoms with Gasteiger partial charge in [0.25, 0.3) is 0 Å². The second-order valence-electron chi connectivity index (χ2n) is 6.54. The number of carboxylic acids is 1. The summed E-state index contributed by atoms with van der Waals surface area (Å²) in [6.45, 7) is 0.0707. The van der Waals surface area contributed by atoms with E-state index >= 15 is 0 Å². The molecule has 0 spiro atoms. The summed E-state index contributed by atoms with van der Waals surface area (Å²) in [6, 6.07) is 18.4. The van der Waals surface area contributed by atoms with E-state index in [1.807, 2.05) is 48.5 Å². The molecule has 0 radical (unpaired) electrons. The molecule has 0 saturated carbocycles. The quantitative estimate of drug-likeness (QED) is 0.532. The van der Waals surface area contributed by atoms with Gasteiger partial charge in [0.15, 0.2) is 5.82 Å². The number of anilines is 1. The molecule has 1 aliphatic carbocycles. The summed E-state index contributed by atoms with van der Waals surface area (Å²) in [4.78, 5) is 23.7. The Hall–Kier alpha value is -3.19. The molecule has 0 heterocycles. The van der Waals surface area contributed by atoms with Crippen LogP contribution in [0.15, 0.2) is 65.1 Å². The Bertz CT molecular complexity index is 1090. The van der Waals surface area contributed by atoms with Crippen LogP contribution in [0.5, 0.6) is 0 Å². The van der Waals surface area contributed by atoms with Gasteiger partial charge in [0.2, 0.25) is 0 Å². The zero-order valence-electron chi connectivity index (χ0n) is 15.0. The summed E-state index contributed by atoms with van der Waals surface area (Å²) in [7, 11) is 0. The monoisotopic (exact) mass is 455 g/mol. The third-order valence-electron chi connectivity index (χ3n) is 4.89. The van der Waals surface area contributed by atoms with Crippen molar-refractivity contribution in [2.45, 2.75) is 5.92 Å². The maximum atomic E-state index is 14.1. The third-order valence-corrected chi connectivity index (χ3v) is 5.50. The van der Waals surface area contributed by atoms with Gasteiger partial charge in [-0.2, -0.15) is 0 Å².